The first-order valence-corrected chi connectivity index (χ1v) is 7.55. The van der Waals surface area contributed by atoms with E-state index in [1.54, 1.807) is 37.3 Å². The van der Waals surface area contributed by atoms with E-state index >= 15 is 0 Å². The standard InChI is InChI=1S/C18H19FN2O3/c1-12(24-16-5-3-2-4-15(16)17(20)22)18(23)21-11-10-13-6-8-14(19)9-7-13/h2-9,12H,10-11H2,1H3,(H2,20,22)(H,21,23). The van der Waals surface area contributed by atoms with Crippen molar-refractivity contribution >= 4 is 11.8 Å². The summed E-state index contributed by atoms with van der Waals surface area (Å²) >= 11 is 0. The van der Waals surface area contributed by atoms with Crippen LogP contribution in [-0.2, 0) is 11.2 Å². The lowest BCUT2D eigenvalue weighted by atomic mass is 10.1. The van der Waals surface area contributed by atoms with Crippen molar-refractivity contribution in [1.29, 1.82) is 0 Å². The number of para-hydroxylation sites is 1. The fraction of sp³-hybridized carbons (Fsp3) is 0.222. The maximum atomic E-state index is 12.8. The average Bonchev–Trinajstić information content (AvgIpc) is 2.56. The summed E-state index contributed by atoms with van der Waals surface area (Å²) < 4.78 is 18.3. The highest BCUT2D eigenvalue weighted by atomic mass is 19.1. The van der Waals surface area contributed by atoms with E-state index in [4.69, 9.17) is 10.5 Å². The Labute approximate surface area is 139 Å². The number of halogens is 1. The Morgan fingerprint density at radius 3 is 2.50 bits per heavy atom. The molecule has 126 valence electrons. The van der Waals surface area contributed by atoms with Crippen molar-refractivity contribution in [3.63, 3.8) is 0 Å². The summed E-state index contributed by atoms with van der Waals surface area (Å²) in [6, 6.07) is 12.6. The second-order valence-electron chi connectivity index (χ2n) is 5.29. The zero-order chi connectivity index (χ0) is 17.5. The van der Waals surface area contributed by atoms with Crippen LogP contribution in [0, 0.1) is 5.82 Å². The van der Waals surface area contributed by atoms with E-state index in [0.29, 0.717) is 13.0 Å². The normalized spacial score (nSPS) is 11.6. The van der Waals surface area contributed by atoms with Gasteiger partial charge in [0, 0.05) is 6.54 Å². The quantitative estimate of drug-likeness (QED) is 0.815. The largest absolute Gasteiger partial charge is 0.480 e. The number of hydrogen-bond acceptors (Lipinski definition) is 3. The van der Waals surface area contributed by atoms with Crippen LogP contribution in [0.1, 0.15) is 22.8 Å². The highest BCUT2D eigenvalue weighted by Crippen LogP contribution is 2.18. The molecule has 0 bridgehead atoms. The molecule has 2 amide bonds. The van der Waals surface area contributed by atoms with Gasteiger partial charge in [-0.15, -0.1) is 0 Å². The molecule has 0 aliphatic heterocycles. The summed E-state index contributed by atoms with van der Waals surface area (Å²) in [6.45, 7) is 1.99. The predicted octanol–water partition coefficient (Wildman–Crippen LogP) is 2.05. The van der Waals surface area contributed by atoms with Gasteiger partial charge >= 0.3 is 0 Å². The molecular weight excluding hydrogens is 311 g/mol. The summed E-state index contributed by atoms with van der Waals surface area (Å²) in [4.78, 5) is 23.4. The third-order valence-corrected chi connectivity index (χ3v) is 3.45. The second-order valence-corrected chi connectivity index (χ2v) is 5.29. The predicted molar refractivity (Wildman–Crippen MR) is 88.2 cm³/mol. The maximum Gasteiger partial charge on any atom is 0.260 e. The molecule has 24 heavy (non-hydrogen) atoms. The van der Waals surface area contributed by atoms with E-state index in [0.717, 1.165) is 5.56 Å². The van der Waals surface area contributed by atoms with Crippen molar-refractivity contribution in [1.82, 2.24) is 5.32 Å². The van der Waals surface area contributed by atoms with Gasteiger partial charge in [0.1, 0.15) is 11.6 Å². The van der Waals surface area contributed by atoms with Crippen LogP contribution in [0.3, 0.4) is 0 Å². The van der Waals surface area contributed by atoms with Gasteiger partial charge in [0.25, 0.3) is 11.8 Å². The van der Waals surface area contributed by atoms with Crippen LogP contribution >= 0.6 is 0 Å². The molecule has 2 aromatic rings. The number of hydrogen-bond donors (Lipinski definition) is 2. The molecule has 0 aromatic heterocycles. The number of carbonyl (C=O) groups is 2. The number of nitrogens with two attached hydrogens (primary N) is 1. The van der Waals surface area contributed by atoms with Gasteiger partial charge in [-0.2, -0.15) is 0 Å². The highest BCUT2D eigenvalue weighted by molar-refractivity contribution is 5.95. The third kappa shape index (κ3) is 4.81. The van der Waals surface area contributed by atoms with E-state index in [-0.39, 0.29) is 23.0 Å². The Balaban J connectivity index is 1.86. The maximum absolute atomic E-state index is 12.8. The average molecular weight is 330 g/mol. The van der Waals surface area contributed by atoms with Crippen LogP contribution in [0.4, 0.5) is 4.39 Å². The Bertz CT molecular complexity index is 716. The van der Waals surface area contributed by atoms with Crippen LogP contribution in [0.5, 0.6) is 5.75 Å². The monoisotopic (exact) mass is 330 g/mol. The molecule has 0 aliphatic carbocycles. The number of carbonyl (C=O) groups excluding carboxylic acids is 2. The van der Waals surface area contributed by atoms with E-state index in [2.05, 4.69) is 5.32 Å². The van der Waals surface area contributed by atoms with Crippen molar-refractivity contribution < 1.29 is 18.7 Å². The minimum absolute atomic E-state index is 0.225. The summed E-state index contributed by atoms with van der Waals surface area (Å²) in [6.07, 6.45) is -0.199. The molecule has 1 unspecified atom stereocenters. The molecule has 0 saturated heterocycles. The zero-order valence-electron chi connectivity index (χ0n) is 13.3. The number of amides is 2. The molecule has 5 nitrogen and oxygen atoms in total. The summed E-state index contributed by atoms with van der Waals surface area (Å²) in [7, 11) is 0. The number of benzene rings is 2. The molecule has 3 N–H and O–H groups in total. The van der Waals surface area contributed by atoms with Crippen molar-refractivity contribution in [2.75, 3.05) is 6.54 Å². The molecular formula is C18H19FN2O3. The van der Waals surface area contributed by atoms with Gasteiger partial charge in [-0.3, -0.25) is 9.59 Å². The molecule has 6 heteroatoms. The summed E-state index contributed by atoms with van der Waals surface area (Å²) in [5.41, 5.74) is 6.42. The Hall–Kier alpha value is -2.89. The molecule has 0 aliphatic rings. The molecule has 0 fully saturated rings. The van der Waals surface area contributed by atoms with Gasteiger partial charge in [-0.25, -0.2) is 4.39 Å². The van der Waals surface area contributed by atoms with Crippen LogP contribution < -0.4 is 15.8 Å². The number of rotatable bonds is 7. The van der Waals surface area contributed by atoms with Crippen LogP contribution in [0.25, 0.3) is 0 Å². The number of ether oxygens (including phenoxy) is 1. The number of nitrogens with one attached hydrogen (secondary N) is 1. The lowest BCUT2D eigenvalue weighted by Crippen LogP contribution is -2.37. The van der Waals surface area contributed by atoms with E-state index in [1.165, 1.54) is 18.2 Å². The fourth-order valence-electron chi connectivity index (χ4n) is 2.14. The van der Waals surface area contributed by atoms with Crippen molar-refractivity contribution in [3.8, 4) is 5.75 Å². The molecule has 1 atom stereocenters. The molecule has 0 heterocycles. The summed E-state index contributed by atoms with van der Waals surface area (Å²) in [5, 5.41) is 2.74. The lowest BCUT2D eigenvalue weighted by Gasteiger charge is -2.16. The SMILES string of the molecule is CC(Oc1ccccc1C(N)=O)C(=O)NCCc1ccc(F)cc1. The minimum Gasteiger partial charge on any atom is -0.480 e. The Morgan fingerprint density at radius 2 is 1.83 bits per heavy atom. The van der Waals surface area contributed by atoms with Gasteiger partial charge in [-0.05, 0) is 43.2 Å². The van der Waals surface area contributed by atoms with Gasteiger partial charge in [-0.1, -0.05) is 24.3 Å². The van der Waals surface area contributed by atoms with Crippen molar-refractivity contribution in [3.05, 3.63) is 65.5 Å². The molecule has 0 spiro atoms. The van der Waals surface area contributed by atoms with Crippen LogP contribution in [-0.4, -0.2) is 24.5 Å². The Morgan fingerprint density at radius 1 is 1.17 bits per heavy atom. The lowest BCUT2D eigenvalue weighted by molar-refractivity contribution is -0.127. The third-order valence-electron chi connectivity index (χ3n) is 3.45. The zero-order valence-corrected chi connectivity index (χ0v) is 13.3. The smallest absolute Gasteiger partial charge is 0.260 e. The van der Waals surface area contributed by atoms with Gasteiger partial charge < -0.3 is 15.8 Å². The molecule has 0 radical (unpaired) electrons. The van der Waals surface area contributed by atoms with Crippen molar-refractivity contribution in [2.24, 2.45) is 5.73 Å². The Kier molecular flexibility index (Phi) is 5.89. The van der Waals surface area contributed by atoms with Gasteiger partial charge in [0.15, 0.2) is 6.10 Å². The number of primary amides is 1. The van der Waals surface area contributed by atoms with E-state index in [9.17, 15) is 14.0 Å². The molecule has 0 saturated carbocycles. The summed E-state index contributed by atoms with van der Waals surface area (Å²) in [5.74, 6) is -0.949. The molecule has 2 rings (SSSR count). The topological polar surface area (TPSA) is 81.4 Å². The minimum atomic E-state index is -0.779. The highest BCUT2D eigenvalue weighted by Gasteiger charge is 2.17. The molecule has 2 aromatic carbocycles. The van der Waals surface area contributed by atoms with Crippen LogP contribution in [0.2, 0.25) is 0 Å². The van der Waals surface area contributed by atoms with Gasteiger partial charge in [0.2, 0.25) is 0 Å². The first-order valence-electron chi connectivity index (χ1n) is 7.55. The first-order chi connectivity index (χ1) is 11.5. The first kappa shape index (κ1) is 17.5. The van der Waals surface area contributed by atoms with E-state index < -0.39 is 12.0 Å². The second kappa shape index (κ2) is 8.10. The van der Waals surface area contributed by atoms with Crippen molar-refractivity contribution in [2.45, 2.75) is 19.4 Å². The van der Waals surface area contributed by atoms with Gasteiger partial charge in [0.05, 0.1) is 5.56 Å². The van der Waals surface area contributed by atoms with E-state index in [1.807, 2.05) is 0 Å². The van der Waals surface area contributed by atoms with Crippen LogP contribution in [0.15, 0.2) is 48.5 Å². The fourth-order valence-corrected chi connectivity index (χ4v) is 2.14.